The second kappa shape index (κ2) is 9.92. The van der Waals surface area contributed by atoms with Crippen molar-refractivity contribution in [3.05, 3.63) is 25.1 Å². The summed E-state index contributed by atoms with van der Waals surface area (Å²) in [5.41, 5.74) is 0.296. The van der Waals surface area contributed by atoms with E-state index in [-0.39, 0.29) is 0 Å². The van der Waals surface area contributed by atoms with Gasteiger partial charge in [-0.2, -0.15) is 0 Å². The van der Waals surface area contributed by atoms with Gasteiger partial charge in [-0.3, -0.25) is 0 Å². The molecule has 1 saturated heterocycles. The fourth-order valence-corrected chi connectivity index (χ4v) is 3.31. The van der Waals surface area contributed by atoms with E-state index in [0.29, 0.717) is 5.54 Å². The molecular weight excluding hydrogens is 256 g/mol. The molecule has 0 aromatic rings. The minimum atomic E-state index is 0.296. The number of nitrogens with zero attached hydrogens (tertiary/aromatic N) is 1. The number of hydrogen-bond acceptors (Lipinski definition) is 2. The lowest BCUT2D eigenvalue weighted by Gasteiger charge is -2.29. The van der Waals surface area contributed by atoms with Gasteiger partial charge in [0.2, 0.25) is 0 Å². The minimum Gasteiger partial charge on any atom is -0.365 e. The molecule has 0 atom stereocenters. The molecule has 1 aliphatic rings. The Labute approximate surface area is 132 Å². The van der Waals surface area contributed by atoms with Crippen molar-refractivity contribution in [3.63, 3.8) is 0 Å². The van der Waals surface area contributed by atoms with Crippen LogP contribution in [0.2, 0.25) is 0 Å². The fourth-order valence-electron chi connectivity index (χ4n) is 3.31. The Kier molecular flexibility index (Phi) is 8.56. The molecule has 1 heterocycles. The molecule has 122 valence electrons. The van der Waals surface area contributed by atoms with Crippen LogP contribution in [-0.2, 0) is 0 Å². The predicted molar refractivity (Wildman–Crippen MR) is 94.3 cm³/mol. The van der Waals surface area contributed by atoms with Crippen LogP contribution in [0.3, 0.4) is 0 Å². The second-order valence-electron chi connectivity index (χ2n) is 6.62. The Hall–Kier alpha value is -0.920. The predicted octanol–water partition coefficient (Wildman–Crippen LogP) is 5.23. The molecule has 2 nitrogen and oxygen atoms in total. The molecule has 1 rings (SSSR count). The Balaban J connectivity index is 2.44. The zero-order chi connectivity index (χ0) is 15.6. The zero-order valence-corrected chi connectivity index (χ0v) is 14.4. The van der Waals surface area contributed by atoms with E-state index < -0.39 is 0 Å². The highest BCUT2D eigenvalue weighted by Crippen LogP contribution is 2.30. The summed E-state index contributed by atoms with van der Waals surface area (Å²) in [6, 6.07) is 0. The van der Waals surface area contributed by atoms with E-state index in [1.165, 1.54) is 57.8 Å². The monoisotopic (exact) mass is 292 g/mol. The van der Waals surface area contributed by atoms with Crippen LogP contribution in [0.1, 0.15) is 78.1 Å². The first-order valence-corrected chi connectivity index (χ1v) is 9.00. The molecule has 21 heavy (non-hydrogen) atoms. The van der Waals surface area contributed by atoms with Crippen LogP contribution in [0.4, 0.5) is 0 Å². The molecule has 1 fully saturated rings. The number of nitrogens with one attached hydrogen (secondary N) is 1. The summed E-state index contributed by atoms with van der Waals surface area (Å²) >= 11 is 0. The summed E-state index contributed by atoms with van der Waals surface area (Å²) in [5, 5.41) is 3.75. The summed E-state index contributed by atoms with van der Waals surface area (Å²) in [6.07, 6.45) is 14.8. The van der Waals surface area contributed by atoms with E-state index in [1.807, 2.05) is 6.08 Å². The van der Waals surface area contributed by atoms with E-state index >= 15 is 0 Å². The molecular formula is C19H36N2. The SMILES string of the molecule is C=CCCCCCN1CC(CCCC)(CCCC)NC1=C. The van der Waals surface area contributed by atoms with Gasteiger partial charge in [0.05, 0.1) is 11.4 Å². The van der Waals surface area contributed by atoms with E-state index in [0.717, 1.165) is 25.3 Å². The normalized spacial score (nSPS) is 17.0. The van der Waals surface area contributed by atoms with Crippen molar-refractivity contribution in [2.75, 3.05) is 13.1 Å². The summed E-state index contributed by atoms with van der Waals surface area (Å²) in [6.45, 7) is 14.9. The average molecular weight is 293 g/mol. The number of unbranched alkanes of at least 4 members (excludes halogenated alkanes) is 5. The smallest absolute Gasteiger partial charge is 0.0944 e. The molecule has 1 N–H and O–H groups in total. The number of hydrogen-bond donors (Lipinski definition) is 1. The van der Waals surface area contributed by atoms with Crippen LogP contribution >= 0.6 is 0 Å². The summed E-state index contributed by atoms with van der Waals surface area (Å²) in [5.74, 6) is 1.16. The lowest BCUT2D eigenvalue weighted by molar-refractivity contribution is 0.281. The van der Waals surface area contributed by atoms with E-state index in [1.54, 1.807) is 0 Å². The Morgan fingerprint density at radius 2 is 1.76 bits per heavy atom. The maximum Gasteiger partial charge on any atom is 0.0944 e. The van der Waals surface area contributed by atoms with Gasteiger partial charge in [0.25, 0.3) is 0 Å². The highest BCUT2D eigenvalue weighted by molar-refractivity contribution is 5.10. The van der Waals surface area contributed by atoms with Crippen molar-refractivity contribution >= 4 is 0 Å². The summed E-state index contributed by atoms with van der Waals surface area (Å²) < 4.78 is 0. The van der Waals surface area contributed by atoms with Gasteiger partial charge >= 0.3 is 0 Å². The van der Waals surface area contributed by atoms with E-state index in [4.69, 9.17) is 0 Å². The molecule has 0 bridgehead atoms. The molecule has 0 unspecified atom stereocenters. The van der Waals surface area contributed by atoms with Crippen LogP contribution in [0.25, 0.3) is 0 Å². The summed E-state index contributed by atoms with van der Waals surface area (Å²) in [7, 11) is 0. The van der Waals surface area contributed by atoms with Gasteiger partial charge in [0, 0.05) is 13.1 Å². The molecule has 0 aliphatic carbocycles. The van der Waals surface area contributed by atoms with Crippen molar-refractivity contribution in [1.82, 2.24) is 10.2 Å². The summed E-state index contributed by atoms with van der Waals surface area (Å²) in [4.78, 5) is 2.49. The van der Waals surface area contributed by atoms with Crippen LogP contribution < -0.4 is 5.32 Å². The molecule has 2 heteroatoms. The van der Waals surface area contributed by atoms with E-state index in [2.05, 4.69) is 37.2 Å². The van der Waals surface area contributed by atoms with Gasteiger partial charge in [0.15, 0.2) is 0 Å². The second-order valence-corrected chi connectivity index (χ2v) is 6.62. The van der Waals surface area contributed by atoms with Gasteiger partial charge in [-0.05, 0) is 32.1 Å². The average Bonchev–Trinajstić information content (AvgIpc) is 2.80. The molecule has 0 spiro atoms. The third kappa shape index (κ3) is 6.15. The quantitative estimate of drug-likeness (QED) is 0.391. The molecule has 0 amide bonds. The fraction of sp³-hybridized carbons (Fsp3) is 0.789. The third-order valence-corrected chi connectivity index (χ3v) is 4.64. The van der Waals surface area contributed by atoms with Crippen molar-refractivity contribution in [2.24, 2.45) is 0 Å². The van der Waals surface area contributed by atoms with Gasteiger partial charge in [-0.1, -0.05) is 58.6 Å². The molecule has 0 radical (unpaired) electrons. The van der Waals surface area contributed by atoms with Crippen LogP contribution in [0.5, 0.6) is 0 Å². The van der Waals surface area contributed by atoms with Crippen molar-refractivity contribution in [2.45, 2.75) is 83.6 Å². The maximum atomic E-state index is 4.26. The van der Waals surface area contributed by atoms with E-state index in [9.17, 15) is 0 Å². The van der Waals surface area contributed by atoms with Crippen molar-refractivity contribution in [1.29, 1.82) is 0 Å². The minimum absolute atomic E-state index is 0.296. The molecule has 0 aromatic heterocycles. The molecule has 1 aliphatic heterocycles. The first kappa shape index (κ1) is 18.1. The lowest BCUT2D eigenvalue weighted by atomic mass is 9.88. The van der Waals surface area contributed by atoms with Crippen LogP contribution in [0, 0.1) is 0 Å². The van der Waals surface area contributed by atoms with Gasteiger partial charge in [-0.15, -0.1) is 6.58 Å². The topological polar surface area (TPSA) is 15.3 Å². The number of rotatable bonds is 12. The standard InChI is InChI=1S/C19H36N2/c1-5-8-11-12-13-16-21-17-19(14-9-6-2,15-10-7-3)20-18(21)4/h5,20H,1,4,6-17H2,2-3H3. The Bertz CT molecular complexity index is 301. The van der Waals surface area contributed by atoms with Gasteiger partial charge < -0.3 is 10.2 Å². The Morgan fingerprint density at radius 1 is 1.10 bits per heavy atom. The first-order chi connectivity index (χ1) is 10.2. The Morgan fingerprint density at radius 3 is 2.33 bits per heavy atom. The van der Waals surface area contributed by atoms with Crippen LogP contribution in [-0.4, -0.2) is 23.5 Å². The first-order valence-electron chi connectivity index (χ1n) is 9.00. The molecule has 0 saturated carbocycles. The van der Waals surface area contributed by atoms with Gasteiger partial charge in [-0.25, -0.2) is 0 Å². The lowest BCUT2D eigenvalue weighted by Crippen LogP contribution is -2.42. The van der Waals surface area contributed by atoms with Crippen molar-refractivity contribution < 1.29 is 0 Å². The molecule has 0 aromatic carbocycles. The van der Waals surface area contributed by atoms with Gasteiger partial charge in [0.1, 0.15) is 0 Å². The number of allylic oxidation sites excluding steroid dienone is 1. The highest BCUT2D eigenvalue weighted by atomic mass is 15.3. The zero-order valence-electron chi connectivity index (χ0n) is 14.4. The third-order valence-electron chi connectivity index (χ3n) is 4.64. The van der Waals surface area contributed by atoms with Crippen molar-refractivity contribution in [3.8, 4) is 0 Å². The maximum absolute atomic E-state index is 4.26. The van der Waals surface area contributed by atoms with Crippen LogP contribution in [0.15, 0.2) is 25.1 Å². The highest BCUT2D eigenvalue weighted by Gasteiger charge is 2.37. The largest absolute Gasteiger partial charge is 0.365 e.